The Morgan fingerprint density at radius 3 is 2.56 bits per heavy atom. The quantitative estimate of drug-likeness (QED) is 0.405. The van der Waals surface area contributed by atoms with Crippen LogP contribution in [0.5, 0.6) is 0 Å². The fourth-order valence-electron chi connectivity index (χ4n) is 8.02. The number of rotatable bonds is 5. The molecule has 7 rings (SSSR count). The number of nitriles is 1. The summed E-state index contributed by atoms with van der Waals surface area (Å²) in [5.41, 5.74) is 4.17. The van der Waals surface area contributed by atoms with Crippen molar-refractivity contribution >= 4 is 28.6 Å². The van der Waals surface area contributed by atoms with E-state index in [1.165, 1.54) is 6.08 Å². The first-order valence-electron chi connectivity index (χ1n) is 16.3. The maximum absolute atomic E-state index is 12.2. The molecule has 4 aliphatic heterocycles. The molecule has 1 atom stereocenters. The molecule has 4 aliphatic rings. The van der Waals surface area contributed by atoms with Gasteiger partial charge in [-0.05, 0) is 51.8 Å². The van der Waals surface area contributed by atoms with E-state index >= 15 is 0 Å². The van der Waals surface area contributed by atoms with Gasteiger partial charge in [0.2, 0.25) is 11.9 Å². The van der Waals surface area contributed by atoms with Gasteiger partial charge in [-0.3, -0.25) is 14.4 Å². The molecular weight excluding hydrogens is 564 g/mol. The second kappa shape index (κ2) is 11.4. The monoisotopic (exact) mass is 608 g/mol. The molecule has 2 aromatic heterocycles. The Morgan fingerprint density at radius 1 is 1.07 bits per heavy atom. The molecule has 0 N–H and O–H groups in total. The number of aryl methyl sites for hydroxylation is 2. The minimum absolute atomic E-state index is 0.0161. The van der Waals surface area contributed by atoms with Crippen molar-refractivity contribution in [3.63, 3.8) is 0 Å². The maximum Gasteiger partial charge on any atom is 0.245 e. The van der Waals surface area contributed by atoms with Crippen LogP contribution in [0.2, 0.25) is 0 Å². The smallest absolute Gasteiger partial charge is 0.245 e. The standard InChI is InChI=1S/C34H44N10O/c1-6-28(45)44-21-34(22-44)11-14-43(20-34)32-27(17-35)30(29-23(2)7-8-25-18-36-40(5)31(25)29)37-33(38-32)41-12-9-26(10-13-41)42-16-15-39(4)24(3)19-42/h6-8,18,24,26H,1,9-16,19-22H2,2-5H3. The Balaban J connectivity index is 1.24. The summed E-state index contributed by atoms with van der Waals surface area (Å²) in [5.74, 6) is 1.38. The van der Waals surface area contributed by atoms with Crippen LogP contribution in [0.4, 0.5) is 11.8 Å². The van der Waals surface area contributed by atoms with Crippen LogP contribution in [-0.4, -0.2) is 118 Å². The van der Waals surface area contributed by atoms with E-state index in [0.717, 1.165) is 87.1 Å². The summed E-state index contributed by atoms with van der Waals surface area (Å²) in [7, 11) is 4.17. The average molecular weight is 609 g/mol. The van der Waals surface area contributed by atoms with Gasteiger partial charge in [0.05, 0.1) is 17.4 Å². The summed E-state index contributed by atoms with van der Waals surface area (Å²) in [6, 6.07) is 7.84. The third-order valence-electron chi connectivity index (χ3n) is 10.9. The van der Waals surface area contributed by atoms with Crippen molar-refractivity contribution in [1.82, 2.24) is 34.4 Å². The van der Waals surface area contributed by atoms with Gasteiger partial charge < -0.3 is 19.6 Å². The number of piperidine rings is 1. The summed E-state index contributed by atoms with van der Waals surface area (Å²) in [6.07, 6.45) is 6.36. The summed E-state index contributed by atoms with van der Waals surface area (Å²) >= 11 is 0. The van der Waals surface area contributed by atoms with Crippen LogP contribution in [0.3, 0.4) is 0 Å². The van der Waals surface area contributed by atoms with Crippen molar-refractivity contribution in [3.8, 4) is 17.3 Å². The molecule has 0 bridgehead atoms. The van der Waals surface area contributed by atoms with Crippen LogP contribution >= 0.6 is 0 Å². The lowest BCUT2D eigenvalue weighted by atomic mass is 9.79. The number of amides is 1. The first kappa shape index (κ1) is 29.7. The van der Waals surface area contributed by atoms with E-state index in [2.05, 4.69) is 70.4 Å². The fourth-order valence-corrected chi connectivity index (χ4v) is 8.02. The molecule has 4 saturated heterocycles. The number of benzene rings is 1. The van der Waals surface area contributed by atoms with Gasteiger partial charge >= 0.3 is 0 Å². The predicted octanol–water partition coefficient (Wildman–Crippen LogP) is 3.04. The molecule has 0 radical (unpaired) electrons. The van der Waals surface area contributed by atoms with Gasteiger partial charge in [0.1, 0.15) is 11.6 Å². The van der Waals surface area contributed by atoms with Crippen LogP contribution < -0.4 is 9.80 Å². The second-order valence-electron chi connectivity index (χ2n) is 13.8. The van der Waals surface area contributed by atoms with Gasteiger partial charge in [0.15, 0.2) is 5.82 Å². The lowest BCUT2D eigenvalue weighted by Gasteiger charge is -2.47. The highest BCUT2D eigenvalue weighted by Gasteiger charge is 2.49. The Morgan fingerprint density at radius 2 is 1.84 bits per heavy atom. The minimum Gasteiger partial charge on any atom is -0.355 e. The van der Waals surface area contributed by atoms with Gasteiger partial charge in [-0.2, -0.15) is 15.3 Å². The molecule has 1 unspecified atom stereocenters. The number of fused-ring (bicyclic) bond motifs is 1. The van der Waals surface area contributed by atoms with E-state index < -0.39 is 0 Å². The number of nitrogens with zero attached hydrogens (tertiary/aromatic N) is 10. The number of piperazine rings is 1. The number of hydrogen-bond donors (Lipinski definition) is 0. The first-order chi connectivity index (χ1) is 21.7. The number of carbonyl (C=O) groups excluding carboxylic acids is 1. The third-order valence-corrected chi connectivity index (χ3v) is 10.9. The summed E-state index contributed by atoms with van der Waals surface area (Å²) in [5, 5.41) is 16.3. The van der Waals surface area contributed by atoms with E-state index in [1.807, 2.05) is 22.8 Å². The third kappa shape index (κ3) is 5.14. The van der Waals surface area contributed by atoms with E-state index in [0.29, 0.717) is 48.2 Å². The highest BCUT2D eigenvalue weighted by molar-refractivity contribution is 5.97. The van der Waals surface area contributed by atoms with Crippen molar-refractivity contribution in [3.05, 3.63) is 42.1 Å². The molecule has 45 heavy (non-hydrogen) atoms. The molecule has 11 heteroatoms. The lowest BCUT2D eigenvalue weighted by molar-refractivity contribution is -0.136. The number of likely N-dealkylation sites (tertiary alicyclic amines) is 1. The number of hydrogen-bond acceptors (Lipinski definition) is 9. The van der Waals surface area contributed by atoms with Gasteiger partial charge in [-0.25, -0.2) is 4.98 Å². The largest absolute Gasteiger partial charge is 0.355 e. The fraction of sp³-hybridized carbons (Fsp3) is 0.559. The van der Waals surface area contributed by atoms with Crippen molar-refractivity contribution < 1.29 is 4.79 Å². The first-order valence-corrected chi connectivity index (χ1v) is 16.3. The zero-order chi connectivity index (χ0) is 31.5. The van der Waals surface area contributed by atoms with Crippen molar-refractivity contribution in [2.24, 2.45) is 12.5 Å². The zero-order valence-electron chi connectivity index (χ0n) is 27.0. The summed E-state index contributed by atoms with van der Waals surface area (Å²) < 4.78 is 1.88. The summed E-state index contributed by atoms with van der Waals surface area (Å²) in [4.78, 5) is 34.2. The molecule has 236 valence electrons. The normalized spacial score (nSPS) is 22.6. The molecule has 0 saturated carbocycles. The van der Waals surface area contributed by atoms with E-state index in [9.17, 15) is 10.1 Å². The molecule has 0 aliphatic carbocycles. The van der Waals surface area contributed by atoms with Gasteiger partial charge in [0, 0.05) is 94.4 Å². The topological polar surface area (TPSA) is 101 Å². The minimum atomic E-state index is -0.0161. The molecule has 1 aromatic carbocycles. The lowest BCUT2D eigenvalue weighted by Crippen LogP contribution is -2.59. The van der Waals surface area contributed by atoms with Crippen LogP contribution in [0, 0.1) is 23.7 Å². The predicted molar refractivity (Wildman–Crippen MR) is 176 cm³/mol. The van der Waals surface area contributed by atoms with Crippen molar-refractivity contribution in [1.29, 1.82) is 5.26 Å². The highest BCUT2D eigenvalue weighted by Crippen LogP contribution is 2.44. The van der Waals surface area contributed by atoms with E-state index in [-0.39, 0.29) is 11.3 Å². The van der Waals surface area contributed by atoms with Gasteiger partial charge in [-0.15, -0.1) is 0 Å². The molecule has 11 nitrogen and oxygen atoms in total. The Labute approximate surface area is 265 Å². The Bertz CT molecular complexity index is 1680. The Kier molecular flexibility index (Phi) is 7.53. The van der Waals surface area contributed by atoms with Gasteiger partial charge in [-0.1, -0.05) is 18.7 Å². The summed E-state index contributed by atoms with van der Waals surface area (Å²) in [6.45, 7) is 16.1. The van der Waals surface area contributed by atoms with E-state index in [1.54, 1.807) is 0 Å². The van der Waals surface area contributed by atoms with Gasteiger partial charge in [0.25, 0.3) is 0 Å². The highest BCUT2D eigenvalue weighted by atomic mass is 16.2. The molecule has 6 heterocycles. The van der Waals surface area contributed by atoms with E-state index in [4.69, 9.17) is 9.97 Å². The van der Waals surface area contributed by atoms with Crippen LogP contribution in [0.1, 0.15) is 37.3 Å². The van der Waals surface area contributed by atoms with Crippen LogP contribution in [0.25, 0.3) is 22.2 Å². The molecular formula is C34H44N10O. The molecule has 1 amide bonds. The number of carbonyl (C=O) groups is 1. The Hall–Kier alpha value is -4.01. The molecule has 3 aromatic rings. The average Bonchev–Trinajstić information content (AvgIpc) is 3.65. The van der Waals surface area contributed by atoms with Crippen LogP contribution in [0.15, 0.2) is 31.0 Å². The number of likely N-dealkylation sites (N-methyl/N-ethyl adjacent to an activating group) is 1. The molecule has 4 fully saturated rings. The SMILES string of the molecule is C=CC(=O)N1CC2(CCN(c3nc(N4CCC(N5CCN(C)C(C)C5)CC4)nc(-c4c(C)ccc5cnn(C)c45)c3C#N)C2)C1. The van der Waals surface area contributed by atoms with Crippen LogP contribution in [-0.2, 0) is 11.8 Å². The van der Waals surface area contributed by atoms with Crippen molar-refractivity contribution in [2.45, 2.75) is 45.2 Å². The maximum atomic E-state index is 12.2. The number of aromatic nitrogens is 4. The molecule has 1 spiro atoms. The zero-order valence-corrected chi connectivity index (χ0v) is 27.0. The second-order valence-corrected chi connectivity index (χ2v) is 13.8. The van der Waals surface area contributed by atoms with Crippen molar-refractivity contribution in [2.75, 3.05) is 75.8 Å². The number of anilines is 2.